The zero-order valence-corrected chi connectivity index (χ0v) is 40.0. The molecular formula is C69H52N2. The minimum Gasteiger partial charge on any atom is -0.311 e. The molecule has 2 heteroatoms. The SMILES string of the molecule is CC1(C)c2ccc(N(c3ccccc3)c3ccc(-c4cc(-c5ccccc5)c(-c5ccc(N(c6ccccc6)c6ccccc6)cc5)cc4-c4ccccc4)cc3)cc2-c2c(-c3ccccc3)cccc21. The van der Waals surface area contributed by atoms with Gasteiger partial charge in [-0.1, -0.05) is 208 Å². The van der Waals surface area contributed by atoms with Gasteiger partial charge in [0.2, 0.25) is 0 Å². The van der Waals surface area contributed by atoms with Crippen LogP contribution in [0.4, 0.5) is 34.1 Å². The van der Waals surface area contributed by atoms with Crippen LogP contribution in [0.5, 0.6) is 0 Å². The Labute approximate surface area is 418 Å². The normalized spacial score (nSPS) is 12.2. The first kappa shape index (κ1) is 43.3. The van der Waals surface area contributed by atoms with E-state index in [1.165, 1.54) is 66.8 Å². The summed E-state index contributed by atoms with van der Waals surface area (Å²) < 4.78 is 0. The maximum atomic E-state index is 2.42. The van der Waals surface area contributed by atoms with Crippen molar-refractivity contribution < 1.29 is 0 Å². The van der Waals surface area contributed by atoms with E-state index < -0.39 is 0 Å². The zero-order chi connectivity index (χ0) is 47.7. The van der Waals surface area contributed by atoms with Crippen LogP contribution in [0, 0.1) is 0 Å². The third-order valence-electron chi connectivity index (χ3n) is 14.3. The number of fused-ring (bicyclic) bond motifs is 3. The van der Waals surface area contributed by atoms with Crippen LogP contribution in [0.15, 0.2) is 279 Å². The fourth-order valence-electron chi connectivity index (χ4n) is 10.8. The lowest BCUT2D eigenvalue weighted by atomic mass is 9.82. The van der Waals surface area contributed by atoms with Gasteiger partial charge < -0.3 is 9.80 Å². The molecule has 71 heavy (non-hydrogen) atoms. The molecule has 0 atom stereocenters. The standard InChI is InChI=1S/C69H52N2/c1-69(2)66-45-44-59(46-65(66)68-60(34-21-35-67(68)69)49-22-9-3-10-23-49)71(56-32-19-8-20-33-56)58-42-38-53(39-43-58)64-48-61(50-24-11-4-12-25-50)63(47-62(64)51-26-13-5-14-27-51)52-36-40-57(41-37-52)70(54-28-15-6-16-29-54)55-30-17-7-18-31-55/h3-48H,1-2H3. The highest BCUT2D eigenvalue weighted by Gasteiger charge is 2.37. The summed E-state index contributed by atoms with van der Waals surface area (Å²) in [6, 6.07) is 101. The predicted octanol–water partition coefficient (Wildman–Crippen LogP) is 19.3. The van der Waals surface area contributed by atoms with Crippen molar-refractivity contribution in [3.05, 3.63) is 290 Å². The van der Waals surface area contributed by atoms with E-state index in [0.717, 1.165) is 45.3 Å². The van der Waals surface area contributed by atoms with Gasteiger partial charge in [-0.05, 0) is 163 Å². The maximum absolute atomic E-state index is 2.42. The van der Waals surface area contributed by atoms with Gasteiger partial charge in [0, 0.05) is 39.5 Å². The third kappa shape index (κ3) is 8.10. The van der Waals surface area contributed by atoms with Gasteiger partial charge in [0.05, 0.1) is 0 Å². The van der Waals surface area contributed by atoms with Crippen LogP contribution in [-0.4, -0.2) is 0 Å². The second-order valence-corrected chi connectivity index (χ2v) is 18.9. The van der Waals surface area contributed by atoms with E-state index in [9.17, 15) is 0 Å². The van der Waals surface area contributed by atoms with Crippen molar-refractivity contribution in [1.29, 1.82) is 0 Å². The van der Waals surface area contributed by atoms with Crippen LogP contribution in [0.2, 0.25) is 0 Å². The van der Waals surface area contributed by atoms with Gasteiger partial charge >= 0.3 is 0 Å². The fourth-order valence-corrected chi connectivity index (χ4v) is 10.8. The van der Waals surface area contributed by atoms with Crippen LogP contribution < -0.4 is 9.80 Å². The number of anilines is 6. The lowest BCUT2D eigenvalue weighted by molar-refractivity contribution is 0.660. The molecule has 0 amide bonds. The summed E-state index contributed by atoms with van der Waals surface area (Å²) in [6.45, 7) is 4.73. The Kier molecular flexibility index (Phi) is 11.3. The largest absolute Gasteiger partial charge is 0.311 e. The van der Waals surface area contributed by atoms with Crippen molar-refractivity contribution in [2.24, 2.45) is 0 Å². The Balaban J connectivity index is 0.975. The van der Waals surface area contributed by atoms with Crippen LogP contribution >= 0.6 is 0 Å². The van der Waals surface area contributed by atoms with Crippen LogP contribution in [0.3, 0.4) is 0 Å². The van der Waals surface area contributed by atoms with Gasteiger partial charge in [-0.2, -0.15) is 0 Å². The van der Waals surface area contributed by atoms with Crippen LogP contribution in [0.25, 0.3) is 66.8 Å². The quantitative estimate of drug-likeness (QED) is 0.128. The number of rotatable bonds is 11. The molecule has 0 unspecified atom stereocenters. The van der Waals surface area contributed by atoms with Gasteiger partial charge in [-0.3, -0.25) is 0 Å². The molecule has 0 aromatic heterocycles. The van der Waals surface area contributed by atoms with E-state index in [1.54, 1.807) is 0 Å². The van der Waals surface area contributed by atoms with E-state index >= 15 is 0 Å². The van der Waals surface area contributed by atoms with Crippen LogP contribution in [0.1, 0.15) is 25.0 Å². The van der Waals surface area contributed by atoms with E-state index in [1.807, 2.05) is 0 Å². The van der Waals surface area contributed by atoms with Crippen molar-refractivity contribution in [1.82, 2.24) is 0 Å². The Morgan fingerprint density at radius 2 is 0.549 bits per heavy atom. The fraction of sp³-hybridized carbons (Fsp3) is 0.0435. The molecular weight excluding hydrogens is 857 g/mol. The topological polar surface area (TPSA) is 6.48 Å². The molecule has 0 aliphatic heterocycles. The lowest BCUT2D eigenvalue weighted by Gasteiger charge is -2.27. The van der Waals surface area contributed by atoms with Crippen molar-refractivity contribution in [3.63, 3.8) is 0 Å². The lowest BCUT2D eigenvalue weighted by Crippen LogP contribution is -2.15. The molecule has 2 nitrogen and oxygen atoms in total. The van der Waals surface area contributed by atoms with Crippen molar-refractivity contribution in [2.45, 2.75) is 19.3 Å². The second-order valence-electron chi connectivity index (χ2n) is 18.9. The molecule has 338 valence electrons. The summed E-state index contributed by atoms with van der Waals surface area (Å²) >= 11 is 0. The average Bonchev–Trinajstić information content (AvgIpc) is 3.68. The van der Waals surface area contributed by atoms with Crippen molar-refractivity contribution in [2.75, 3.05) is 9.80 Å². The summed E-state index contributed by atoms with van der Waals surface area (Å²) in [6.07, 6.45) is 0. The molecule has 0 saturated heterocycles. The van der Waals surface area contributed by atoms with Gasteiger partial charge in [0.25, 0.3) is 0 Å². The summed E-state index contributed by atoms with van der Waals surface area (Å²) in [4.78, 5) is 4.71. The van der Waals surface area contributed by atoms with Gasteiger partial charge in [-0.25, -0.2) is 0 Å². The number of hydrogen-bond acceptors (Lipinski definition) is 2. The molecule has 12 rings (SSSR count). The highest BCUT2D eigenvalue weighted by Crippen LogP contribution is 2.54. The number of hydrogen-bond donors (Lipinski definition) is 0. The van der Waals surface area contributed by atoms with Crippen LogP contribution in [-0.2, 0) is 5.41 Å². The van der Waals surface area contributed by atoms with E-state index in [2.05, 4.69) is 303 Å². The molecule has 0 fully saturated rings. The monoisotopic (exact) mass is 908 g/mol. The minimum atomic E-state index is -0.132. The Morgan fingerprint density at radius 1 is 0.225 bits per heavy atom. The zero-order valence-electron chi connectivity index (χ0n) is 40.0. The maximum Gasteiger partial charge on any atom is 0.0468 e. The van der Waals surface area contributed by atoms with E-state index in [4.69, 9.17) is 0 Å². The third-order valence-corrected chi connectivity index (χ3v) is 14.3. The minimum absolute atomic E-state index is 0.132. The average molecular weight is 909 g/mol. The summed E-state index contributed by atoms with van der Waals surface area (Å²) in [5.74, 6) is 0. The Morgan fingerprint density at radius 3 is 0.958 bits per heavy atom. The van der Waals surface area contributed by atoms with E-state index in [0.29, 0.717) is 0 Å². The molecule has 0 heterocycles. The molecule has 11 aromatic rings. The molecule has 0 radical (unpaired) electrons. The molecule has 11 aromatic carbocycles. The first-order valence-corrected chi connectivity index (χ1v) is 24.6. The van der Waals surface area contributed by atoms with Crippen molar-refractivity contribution in [3.8, 4) is 66.8 Å². The van der Waals surface area contributed by atoms with Gasteiger partial charge in [-0.15, -0.1) is 0 Å². The smallest absolute Gasteiger partial charge is 0.0468 e. The molecule has 0 bridgehead atoms. The molecule has 1 aliphatic rings. The summed E-state index contributed by atoms with van der Waals surface area (Å²) in [5.41, 5.74) is 23.7. The molecule has 1 aliphatic carbocycles. The second kappa shape index (κ2) is 18.5. The van der Waals surface area contributed by atoms with Gasteiger partial charge in [0.15, 0.2) is 0 Å². The summed E-state index contributed by atoms with van der Waals surface area (Å²) in [7, 11) is 0. The highest BCUT2D eigenvalue weighted by atomic mass is 15.1. The summed E-state index contributed by atoms with van der Waals surface area (Å²) in [5, 5.41) is 0. The Hall–Kier alpha value is -8.98. The first-order valence-electron chi connectivity index (χ1n) is 24.6. The molecule has 0 saturated carbocycles. The van der Waals surface area contributed by atoms with Gasteiger partial charge in [0.1, 0.15) is 0 Å². The highest BCUT2D eigenvalue weighted by molar-refractivity contribution is 5.97. The first-order chi connectivity index (χ1) is 35.0. The molecule has 0 spiro atoms. The van der Waals surface area contributed by atoms with Crippen molar-refractivity contribution >= 4 is 34.1 Å². The molecule has 0 N–H and O–H groups in total. The van der Waals surface area contributed by atoms with E-state index in [-0.39, 0.29) is 5.41 Å². The predicted molar refractivity (Wildman–Crippen MR) is 301 cm³/mol. The number of nitrogens with zero attached hydrogens (tertiary/aromatic N) is 2. The number of para-hydroxylation sites is 3. The Bertz CT molecular complexity index is 3570. The number of benzene rings is 11.